The number of benzene rings is 1. The highest BCUT2D eigenvalue weighted by Gasteiger charge is 2.67. The van der Waals surface area contributed by atoms with Crippen molar-refractivity contribution >= 4 is 5.91 Å². The zero-order valence-corrected chi connectivity index (χ0v) is 19.1. The van der Waals surface area contributed by atoms with Crippen LogP contribution in [0.15, 0.2) is 6.07 Å². The van der Waals surface area contributed by atoms with Crippen LogP contribution >= 0.6 is 0 Å². The molecule has 1 spiro atoms. The first kappa shape index (κ1) is 21.1. The second-order valence-corrected chi connectivity index (χ2v) is 11.2. The van der Waals surface area contributed by atoms with Crippen LogP contribution in [0.4, 0.5) is 0 Å². The molecule has 2 aliphatic carbocycles. The molecule has 1 aromatic rings. The third kappa shape index (κ3) is 2.55. The van der Waals surface area contributed by atoms with Gasteiger partial charge in [0.25, 0.3) is 5.91 Å². The van der Waals surface area contributed by atoms with Gasteiger partial charge in [0.05, 0.1) is 24.8 Å². The summed E-state index contributed by atoms with van der Waals surface area (Å²) in [4.78, 5) is 14.4. The molecule has 4 aliphatic rings. The zero-order valence-electron chi connectivity index (χ0n) is 19.1. The number of aromatic hydroxyl groups is 1. The van der Waals surface area contributed by atoms with Gasteiger partial charge in [0.2, 0.25) is 0 Å². The quantitative estimate of drug-likeness (QED) is 0.671. The standard InChI is InChI=1S/C25H35NO5/c1-14-5-6-19-23(2,3)20(29)7-8-24(19,4)25(14)12-16-18(28)11-15-17(21(16)31-25)13-26(9-10-27)22(15)30/h11,14,19-20,27-29H,5-10,12-13H2,1-4H3/t14-,19?,20-,24+,25-/m1/s1. The lowest BCUT2D eigenvalue weighted by atomic mass is 9.43. The molecule has 31 heavy (non-hydrogen) atoms. The minimum atomic E-state index is -0.463. The summed E-state index contributed by atoms with van der Waals surface area (Å²) in [6, 6.07) is 1.60. The molecule has 1 aromatic carbocycles. The molecule has 3 N–H and O–H groups in total. The van der Waals surface area contributed by atoms with Gasteiger partial charge in [-0.25, -0.2) is 0 Å². The van der Waals surface area contributed by atoms with Crippen LogP contribution in [0.1, 0.15) is 74.9 Å². The molecule has 2 fully saturated rings. The van der Waals surface area contributed by atoms with E-state index in [9.17, 15) is 20.1 Å². The lowest BCUT2D eigenvalue weighted by Gasteiger charge is -2.64. The third-order valence-electron chi connectivity index (χ3n) is 9.54. The van der Waals surface area contributed by atoms with E-state index in [4.69, 9.17) is 4.74 Å². The smallest absolute Gasteiger partial charge is 0.254 e. The van der Waals surface area contributed by atoms with E-state index < -0.39 is 5.60 Å². The van der Waals surface area contributed by atoms with E-state index >= 15 is 0 Å². The van der Waals surface area contributed by atoms with Crippen LogP contribution in [0.2, 0.25) is 0 Å². The average molecular weight is 430 g/mol. The maximum absolute atomic E-state index is 12.8. The summed E-state index contributed by atoms with van der Waals surface area (Å²) in [5.74, 6) is 1.28. The first-order valence-corrected chi connectivity index (χ1v) is 11.7. The summed E-state index contributed by atoms with van der Waals surface area (Å²) >= 11 is 0. The molecule has 170 valence electrons. The van der Waals surface area contributed by atoms with Crippen molar-refractivity contribution in [2.75, 3.05) is 13.2 Å². The van der Waals surface area contributed by atoms with Crippen LogP contribution in [-0.2, 0) is 13.0 Å². The Bertz CT molecular complexity index is 942. The molecule has 2 saturated carbocycles. The van der Waals surface area contributed by atoms with Gasteiger partial charge in [-0.1, -0.05) is 27.7 Å². The van der Waals surface area contributed by atoms with E-state index in [1.165, 1.54) is 0 Å². The number of carbonyl (C=O) groups is 1. The first-order valence-electron chi connectivity index (χ1n) is 11.7. The molecular weight excluding hydrogens is 394 g/mol. The maximum Gasteiger partial charge on any atom is 0.254 e. The van der Waals surface area contributed by atoms with Crippen molar-refractivity contribution in [1.29, 1.82) is 0 Å². The highest BCUT2D eigenvalue weighted by molar-refractivity contribution is 6.00. The lowest BCUT2D eigenvalue weighted by molar-refractivity contribution is -0.210. The number of β-amino-alcohol motifs (C(OH)–C–C–N with tert-alkyl or cyclic N) is 1. The topological polar surface area (TPSA) is 90.2 Å². The van der Waals surface area contributed by atoms with Gasteiger partial charge < -0.3 is 25.0 Å². The van der Waals surface area contributed by atoms with Crippen molar-refractivity contribution in [2.45, 2.75) is 78.0 Å². The van der Waals surface area contributed by atoms with E-state index in [2.05, 4.69) is 27.7 Å². The molecule has 5 atom stereocenters. The minimum absolute atomic E-state index is 0.0904. The summed E-state index contributed by atoms with van der Waals surface area (Å²) in [6.07, 6.45) is 4.04. The molecule has 6 nitrogen and oxygen atoms in total. The number of nitrogens with zero attached hydrogens (tertiary/aromatic N) is 1. The summed E-state index contributed by atoms with van der Waals surface area (Å²) < 4.78 is 6.96. The highest BCUT2D eigenvalue weighted by Crippen LogP contribution is 2.67. The normalized spacial score (nSPS) is 38.1. The molecule has 0 bridgehead atoms. The van der Waals surface area contributed by atoms with Crippen molar-refractivity contribution < 1.29 is 24.9 Å². The predicted octanol–water partition coefficient (Wildman–Crippen LogP) is 3.25. The fourth-order valence-electron chi connectivity index (χ4n) is 7.63. The largest absolute Gasteiger partial charge is 0.508 e. The molecule has 0 saturated heterocycles. The Kier molecular flexibility index (Phi) is 4.49. The van der Waals surface area contributed by atoms with Gasteiger partial charge in [0.15, 0.2) is 0 Å². The molecule has 0 aromatic heterocycles. The first-order chi connectivity index (χ1) is 14.6. The van der Waals surface area contributed by atoms with E-state index in [0.29, 0.717) is 36.1 Å². The second-order valence-electron chi connectivity index (χ2n) is 11.2. The van der Waals surface area contributed by atoms with Crippen LogP contribution in [-0.4, -0.2) is 51.0 Å². The predicted molar refractivity (Wildman–Crippen MR) is 116 cm³/mol. The van der Waals surface area contributed by atoms with Gasteiger partial charge in [-0.15, -0.1) is 0 Å². The van der Waals surface area contributed by atoms with Gasteiger partial charge in [0.1, 0.15) is 17.1 Å². The van der Waals surface area contributed by atoms with Crippen molar-refractivity contribution in [3.8, 4) is 11.5 Å². The SMILES string of the molecule is C[C@@H]1CCC2C(C)(C)[C@H](O)CC[C@]2(C)[C@@]12Cc1c(O)cc3c(c1O2)CN(CCO)C3=O. The summed E-state index contributed by atoms with van der Waals surface area (Å²) in [7, 11) is 0. The van der Waals surface area contributed by atoms with Crippen LogP contribution in [0.3, 0.4) is 0 Å². The summed E-state index contributed by atoms with van der Waals surface area (Å²) in [5, 5.41) is 31.1. The molecule has 1 unspecified atom stereocenters. The van der Waals surface area contributed by atoms with Crippen molar-refractivity contribution in [3.63, 3.8) is 0 Å². The van der Waals surface area contributed by atoms with Gasteiger partial charge in [-0.3, -0.25) is 4.79 Å². The minimum Gasteiger partial charge on any atom is -0.508 e. The van der Waals surface area contributed by atoms with E-state index in [1.54, 1.807) is 11.0 Å². The van der Waals surface area contributed by atoms with Crippen LogP contribution < -0.4 is 4.74 Å². The number of hydrogen-bond acceptors (Lipinski definition) is 5. The number of phenolic OH excluding ortho intramolecular Hbond substituents is 1. The number of phenols is 1. The summed E-state index contributed by atoms with van der Waals surface area (Å²) in [6.45, 7) is 9.55. The van der Waals surface area contributed by atoms with Crippen molar-refractivity contribution in [1.82, 2.24) is 4.90 Å². The van der Waals surface area contributed by atoms with Crippen LogP contribution in [0.25, 0.3) is 0 Å². The Labute approximate surface area is 184 Å². The average Bonchev–Trinajstić information content (AvgIpc) is 3.26. The maximum atomic E-state index is 12.8. The molecule has 6 heteroatoms. The summed E-state index contributed by atoms with van der Waals surface area (Å²) in [5.41, 5.74) is 1.35. The second kappa shape index (κ2) is 6.61. The molecule has 2 heterocycles. The fraction of sp³-hybridized carbons (Fsp3) is 0.720. The Balaban J connectivity index is 1.61. The van der Waals surface area contributed by atoms with Crippen molar-refractivity contribution in [2.24, 2.45) is 22.7 Å². The number of ether oxygens (including phenoxy) is 1. The van der Waals surface area contributed by atoms with Crippen molar-refractivity contribution in [3.05, 3.63) is 22.8 Å². The Hall–Kier alpha value is -1.79. The highest BCUT2D eigenvalue weighted by atomic mass is 16.5. The van der Waals surface area contributed by atoms with Gasteiger partial charge in [-0.2, -0.15) is 0 Å². The van der Waals surface area contributed by atoms with Crippen LogP contribution in [0.5, 0.6) is 11.5 Å². The van der Waals surface area contributed by atoms with Gasteiger partial charge in [0, 0.05) is 29.5 Å². The van der Waals surface area contributed by atoms with Crippen LogP contribution in [0, 0.1) is 22.7 Å². The van der Waals surface area contributed by atoms with E-state index in [1.807, 2.05) is 0 Å². The Morgan fingerprint density at radius 2 is 1.94 bits per heavy atom. The number of carbonyl (C=O) groups excluding carboxylic acids is 1. The fourth-order valence-corrected chi connectivity index (χ4v) is 7.63. The lowest BCUT2D eigenvalue weighted by Crippen LogP contribution is -2.66. The zero-order chi connectivity index (χ0) is 22.3. The Morgan fingerprint density at radius 1 is 1.19 bits per heavy atom. The van der Waals surface area contributed by atoms with Gasteiger partial charge >= 0.3 is 0 Å². The Morgan fingerprint density at radius 3 is 2.65 bits per heavy atom. The third-order valence-corrected chi connectivity index (χ3v) is 9.54. The number of aliphatic hydroxyl groups excluding tert-OH is 2. The number of aliphatic hydroxyl groups is 2. The number of hydrogen-bond donors (Lipinski definition) is 3. The molecule has 1 amide bonds. The van der Waals surface area contributed by atoms with E-state index in [-0.39, 0.29) is 41.7 Å². The number of fused-ring (bicyclic) bond motifs is 5. The molecular formula is C25H35NO5. The number of rotatable bonds is 2. The molecule has 2 aliphatic heterocycles. The molecule has 0 radical (unpaired) electrons. The van der Waals surface area contributed by atoms with Gasteiger partial charge in [-0.05, 0) is 49.0 Å². The molecule has 5 rings (SSSR count). The monoisotopic (exact) mass is 429 g/mol. The van der Waals surface area contributed by atoms with E-state index in [0.717, 1.165) is 36.8 Å². The number of amides is 1.